The summed E-state index contributed by atoms with van der Waals surface area (Å²) in [6.07, 6.45) is 0.824. The average molecular weight is 344 g/mol. The summed E-state index contributed by atoms with van der Waals surface area (Å²) < 4.78 is 4.97. The average Bonchev–Trinajstić information content (AvgIpc) is 3.37. The van der Waals surface area contributed by atoms with Crippen molar-refractivity contribution in [3.05, 3.63) is 64.7 Å². The van der Waals surface area contributed by atoms with E-state index in [9.17, 15) is 9.59 Å². The zero-order valence-corrected chi connectivity index (χ0v) is 14.0. The number of esters is 1. The second-order valence-electron chi connectivity index (χ2n) is 5.79. The monoisotopic (exact) mass is 343 g/mol. The Balaban J connectivity index is 1.63. The molecule has 1 fully saturated rings. The van der Waals surface area contributed by atoms with Crippen LogP contribution in [0.15, 0.2) is 48.5 Å². The predicted octanol–water partition coefficient (Wildman–Crippen LogP) is 4.26. The molecule has 1 aliphatic carbocycles. The molecule has 2 atom stereocenters. The van der Waals surface area contributed by atoms with E-state index in [1.165, 1.54) is 0 Å². The highest BCUT2D eigenvalue weighted by atomic mass is 35.5. The van der Waals surface area contributed by atoms with Gasteiger partial charge in [-0.25, -0.2) is 4.79 Å². The highest BCUT2D eigenvalue weighted by Crippen LogP contribution is 2.48. The standard InChI is InChI=1S/C19H18ClNO3/c1-2-24-19(23)13-4-3-5-15(10-13)21-18(22)17-11-16(17)12-6-8-14(20)9-7-12/h3-10,16-17H,2,11H2,1H3,(H,21,22). The van der Waals surface area contributed by atoms with Crippen LogP contribution < -0.4 is 5.32 Å². The van der Waals surface area contributed by atoms with Crippen LogP contribution in [-0.4, -0.2) is 18.5 Å². The molecule has 2 aromatic rings. The third-order valence-electron chi connectivity index (χ3n) is 4.07. The lowest BCUT2D eigenvalue weighted by Crippen LogP contribution is -2.15. The van der Waals surface area contributed by atoms with Gasteiger partial charge in [-0.2, -0.15) is 0 Å². The first-order valence-electron chi connectivity index (χ1n) is 7.92. The van der Waals surface area contributed by atoms with Crippen molar-refractivity contribution in [1.29, 1.82) is 0 Å². The summed E-state index contributed by atoms with van der Waals surface area (Å²) in [6, 6.07) is 14.4. The van der Waals surface area contributed by atoms with E-state index in [1.54, 1.807) is 31.2 Å². The lowest BCUT2D eigenvalue weighted by Gasteiger charge is -2.07. The summed E-state index contributed by atoms with van der Waals surface area (Å²) in [5.41, 5.74) is 2.16. The fraction of sp³-hybridized carbons (Fsp3) is 0.263. The molecule has 1 aliphatic rings. The first-order valence-corrected chi connectivity index (χ1v) is 8.30. The van der Waals surface area contributed by atoms with Gasteiger partial charge in [-0.3, -0.25) is 4.79 Å². The number of amides is 1. The normalized spacial score (nSPS) is 18.8. The van der Waals surface area contributed by atoms with Gasteiger partial charge in [-0.05, 0) is 55.2 Å². The van der Waals surface area contributed by atoms with Gasteiger partial charge in [0.15, 0.2) is 0 Å². The number of anilines is 1. The van der Waals surface area contributed by atoms with Crippen LogP contribution in [0.1, 0.15) is 35.2 Å². The minimum Gasteiger partial charge on any atom is -0.462 e. The largest absolute Gasteiger partial charge is 0.462 e. The SMILES string of the molecule is CCOC(=O)c1cccc(NC(=O)C2CC2c2ccc(Cl)cc2)c1. The lowest BCUT2D eigenvalue weighted by atomic mass is 10.1. The van der Waals surface area contributed by atoms with Gasteiger partial charge in [0.25, 0.3) is 0 Å². The van der Waals surface area contributed by atoms with Crippen LogP contribution in [0.2, 0.25) is 5.02 Å². The first-order chi connectivity index (χ1) is 11.6. The molecule has 24 heavy (non-hydrogen) atoms. The van der Waals surface area contributed by atoms with Crippen LogP contribution in [0.4, 0.5) is 5.69 Å². The van der Waals surface area contributed by atoms with Crippen LogP contribution in [0.3, 0.4) is 0 Å². The van der Waals surface area contributed by atoms with Gasteiger partial charge in [0.2, 0.25) is 5.91 Å². The molecule has 0 aromatic heterocycles. The van der Waals surface area contributed by atoms with Crippen molar-refractivity contribution in [2.24, 2.45) is 5.92 Å². The Morgan fingerprint density at radius 2 is 1.96 bits per heavy atom. The lowest BCUT2D eigenvalue weighted by molar-refractivity contribution is -0.117. The van der Waals surface area contributed by atoms with Crippen molar-refractivity contribution < 1.29 is 14.3 Å². The van der Waals surface area contributed by atoms with Crippen molar-refractivity contribution in [1.82, 2.24) is 0 Å². The maximum Gasteiger partial charge on any atom is 0.338 e. The molecule has 0 heterocycles. The minimum atomic E-state index is -0.390. The molecule has 0 aliphatic heterocycles. The van der Waals surface area contributed by atoms with E-state index in [-0.39, 0.29) is 23.7 Å². The summed E-state index contributed by atoms with van der Waals surface area (Å²) in [6.45, 7) is 2.08. The van der Waals surface area contributed by atoms with Crippen molar-refractivity contribution in [3.63, 3.8) is 0 Å². The van der Waals surface area contributed by atoms with Gasteiger partial charge in [0, 0.05) is 16.6 Å². The summed E-state index contributed by atoms with van der Waals surface area (Å²) >= 11 is 5.89. The zero-order valence-electron chi connectivity index (χ0n) is 13.3. The Morgan fingerprint density at radius 1 is 1.21 bits per heavy atom. The van der Waals surface area contributed by atoms with Gasteiger partial charge in [-0.15, -0.1) is 0 Å². The molecule has 0 spiro atoms. The Morgan fingerprint density at radius 3 is 2.67 bits per heavy atom. The fourth-order valence-electron chi connectivity index (χ4n) is 2.74. The molecule has 5 heteroatoms. The Hall–Kier alpha value is -2.33. The fourth-order valence-corrected chi connectivity index (χ4v) is 2.86. The number of carbonyl (C=O) groups is 2. The van der Waals surface area contributed by atoms with Crippen molar-refractivity contribution >= 4 is 29.2 Å². The summed E-state index contributed by atoms with van der Waals surface area (Å²) in [7, 11) is 0. The number of nitrogens with one attached hydrogen (secondary N) is 1. The molecular formula is C19H18ClNO3. The summed E-state index contributed by atoms with van der Waals surface area (Å²) in [5.74, 6) is -0.233. The van der Waals surface area contributed by atoms with Crippen LogP contribution in [0.5, 0.6) is 0 Å². The van der Waals surface area contributed by atoms with Crippen LogP contribution in [0.25, 0.3) is 0 Å². The third-order valence-corrected chi connectivity index (χ3v) is 4.32. The maximum absolute atomic E-state index is 12.4. The van der Waals surface area contributed by atoms with E-state index in [2.05, 4.69) is 5.32 Å². The summed E-state index contributed by atoms with van der Waals surface area (Å²) in [5, 5.41) is 3.57. The van der Waals surface area contributed by atoms with Crippen LogP contribution >= 0.6 is 11.6 Å². The molecule has 1 saturated carbocycles. The first kappa shape index (κ1) is 16.5. The van der Waals surface area contributed by atoms with E-state index < -0.39 is 0 Å². The molecule has 4 nitrogen and oxygen atoms in total. The van der Waals surface area contributed by atoms with Crippen molar-refractivity contribution in [3.8, 4) is 0 Å². The van der Waals surface area contributed by atoms with Gasteiger partial charge in [0.1, 0.15) is 0 Å². The molecule has 1 amide bonds. The molecule has 0 radical (unpaired) electrons. The molecule has 2 unspecified atom stereocenters. The van der Waals surface area contributed by atoms with Crippen molar-refractivity contribution in [2.75, 3.05) is 11.9 Å². The number of halogens is 1. The second-order valence-corrected chi connectivity index (χ2v) is 6.23. The molecule has 0 bridgehead atoms. The highest BCUT2D eigenvalue weighted by Gasteiger charge is 2.43. The highest BCUT2D eigenvalue weighted by molar-refractivity contribution is 6.30. The van der Waals surface area contributed by atoms with E-state index >= 15 is 0 Å². The van der Waals surface area contributed by atoms with Gasteiger partial charge in [-0.1, -0.05) is 29.8 Å². The van der Waals surface area contributed by atoms with Crippen LogP contribution in [-0.2, 0) is 9.53 Å². The number of ether oxygens (including phenoxy) is 1. The predicted molar refractivity (Wildman–Crippen MR) is 93.3 cm³/mol. The molecule has 1 N–H and O–H groups in total. The van der Waals surface area contributed by atoms with Gasteiger partial charge in [0.05, 0.1) is 12.2 Å². The Labute approximate surface area is 145 Å². The maximum atomic E-state index is 12.4. The Kier molecular flexibility index (Phi) is 4.86. The van der Waals surface area contributed by atoms with Crippen LogP contribution in [0, 0.1) is 5.92 Å². The van der Waals surface area contributed by atoms with E-state index in [1.807, 2.05) is 24.3 Å². The third kappa shape index (κ3) is 3.77. The molecule has 3 rings (SSSR count). The number of benzene rings is 2. The zero-order chi connectivity index (χ0) is 17.1. The quantitative estimate of drug-likeness (QED) is 0.825. The van der Waals surface area contributed by atoms with Gasteiger partial charge < -0.3 is 10.1 Å². The number of hydrogen-bond donors (Lipinski definition) is 1. The molecule has 0 saturated heterocycles. The van der Waals surface area contributed by atoms with E-state index in [0.717, 1.165) is 12.0 Å². The number of rotatable bonds is 5. The molecule has 124 valence electrons. The smallest absolute Gasteiger partial charge is 0.338 e. The summed E-state index contributed by atoms with van der Waals surface area (Å²) in [4.78, 5) is 24.1. The number of hydrogen-bond acceptors (Lipinski definition) is 3. The Bertz CT molecular complexity index is 757. The second kappa shape index (κ2) is 7.05. The number of carbonyl (C=O) groups excluding carboxylic acids is 2. The topological polar surface area (TPSA) is 55.4 Å². The molecular weight excluding hydrogens is 326 g/mol. The van der Waals surface area contributed by atoms with Gasteiger partial charge >= 0.3 is 5.97 Å². The molecule has 2 aromatic carbocycles. The van der Waals surface area contributed by atoms with E-state index in [4.69, 9.17) is 16.3 Å². The van der Waals surface area contributed by atoms with Crippen molar-refractivity contribution in [2.45, 2.75) is 19.3 Å². The van der Waals surface area contributed by atoms with E-state index in [0.29, 0.717) is 22.9 Å². The minimum absolute atomic E-state index is 0.0315.